The molecule has 3 aromatic rings. The average Bonchev–Trinajstić information content (AvgIpc) is 2.61. The van der Waals surface area contributed by atoms with Gasteiger partial charge in [0.05, 0.1) is 17.7 Å². The molecule has 1 heterocycles. The number of hydrogen-bond acceptors (Lipinski definition) is 4. The number of halogens is 1. The highest BCUT2D eigenvalue weighted by atomic mass is 35.5. The number of carbonyl (C=O) groups excluding carboxylic acids is 1. The molecule has 116 valence electrons. The number of methoxy groups -OCH3 is 1. The maximum atomic E-state index is 11.4. The zero-order valence-corrected chi connectivity index (χ0v) is 13.2. The topological polar surface area (TPSA) is 48.4 Å². The second-order valence-corrected chi connectivity index (χ2v) is 5.33. The van der Waals surface area contributed by atoms with Gasteiger partial charge in [-0.2, -0.15) is 0 Å². The molecule has 0 unspecified atom stereocenters. The number of nitrogens with zero attached hydrogens (tertiary/aromatic N) is 1. The average molecular weight is 328 g/mol. The summed E-state index contributed by atoms with van der Waals surface area (Å²) < 4.78 is 10.5. The predicted molar refractivity (Wildman–Crippen MR) is 88.9 cm³/mol. The fraction of sp³-hybridized carbons (Fsp3) is 0.111. The molecule has 5 heteroatoms. The number of esters is 1. The lowest BCUT2D eigenvalue weighted by atomic mass is 10.1. The van der Waals surface area contributed by atoms with Crippen molar-refractivity contribution in [3.05, 3.63) is 70.9 Å². The van der Waals surface area contributed by atoms with E-state index in [0.29, 0.717) is 22.9 Å². The van der Waals surface area contributed by atoms with Crippen molar-refractivity contribution < 1.29 is 14.3 Å². The van der Waals surface area contributed by atoms with Crippen LogP contribution in [0.5, 0.6) is 5.75 Å². The number of aromatic nitrogens is 1. The summed E-state index contributed by atoms with van der Waals surface area (Å²) >= 11 is 6.17. The molecule has 0 aliphatic heterocycles. The van der Waals surface area contributed by atoms with Crippen LogP contribution >= 0.6 is 11.6 Å². The van der Waals surface area contributed by atoms with E-state index in [2.05, 4.69) is 9.72 Å². The van der Waals surface area contributed by atoms with Crippen molar-refractivity contribution in [2.45, 2.75) is 6.61 Å². The highest BCUT2D eigenvalue weighted by Crippen LogP contribution is 2.30. The Morgan fingerprint density at radius 1 is 1.13 bits per heavy atom. The Labute approximate surface area is 138 Å². The van der Waals surface area contributed by atoms with E-state index in [9.17, 15) is 4.79 Å². The van der Waals surface area contributed by atoms with Crippen LogP contribution in [-0.2, 0) is 11.3 Å². The summed E-state index contributed by atoms with van der Waals surface area (Å²) in [5.41, 5.74) is 2.18. The molecule has 4 nitrogen and oxygen atoms in total. The summed E-state index contributed by atoms with van der Waals surface area (Å²) in [5, 5.41) is 1.50. The lowest BCUT2D eigenvalue weighted by molar-refractivity contribution is 0.0600. The minimum Gasteiger partial charge on any atom is -0.487 e. The summed E-state index contributed by atoms with van der Waals surface area (Å²) in [6, 6.07) is 14.4. The minimum absolute atomic E-state index is 0.356. The molecular weight excluding hydrogens is 314 g/mol. The Kier molecular flexibility index (Phi) is 4.44. The fourth-order valence-corrected chi connectivity index (χ4v) is 2.46. The zero-order chi connectivity index (χ0) is 16.2. The van der Waals surface area contributed by atoms with Gasteiger partial charge in [-0.05, 0) is 42.0 Å². The molecule has 0 saturated carbocycles. The first-order valence-corrected chi connectivity index (χ1v) is 7.40. The number of benzene rings is 2. The molecule has 1 aromatic heterocycles. The molecular formula is C18H14ClNO3. The van der Waals surface area contributed by atoms with Crippen LogP contribution in [0.1, 0.15) is 15.9 Å². The molecule has 0 spiro atoms. The van der Waals surface area contributed by atoms with Crippen LogP contribution in [0, 0.1) is 0 Å². The summed E-state index contributed by atoms with van der Waals surface area (Å²) in [5.74, 6) is 0.312. The SMILES string of the molecule is COC(=O)c1ccc(COc2ccc(Cl)c3cccnc23)cc1. The van der Waals surface area contributed by atoms with Gasteiger partial charge in [0, 0.05) is 11.6 Å². The van der Waals surface area contributed by atoms with Crippen molar-refractivity contribution in [1.29, 1.82) is 0 Å². The normalized spacial score (nSPS) is 10.5. The maximum absolute atomic E-state index is 11.4. The van der Waals surface area contributed by atoms with E-state index in [4.69, 9.17) is 16.3 Å². The molecule has 0 N–H and O–H groups in total. The fourth-order valence-electron chi connectivity index (χ4n) is 2.24. The summed E-state index contributed by atoms with van der Waals surface area (Å²) in [4.78, 5) is 15.7. The monoisotopic (exact) mass is 327 g/mol. The van der Waals surface area contributed by atoms with Gasteiger partial charge in [0.2, 0.25) is 0 Å². The highest BCUT2D eigenvalue weighted by Gasteiger charge is 2.08. The molecule has 23 heavy (non-hydrogen) atoms. The van der Waals surface area contributed by atoms with Crippen LogP contribution in [0.25, 0.3) is 10.9 Å². The third kappa shape index (κ3) is 3.27. The summed E-state index contributed by atoms with van der Waals surface area (Å²) in [6.45, 7) is 0.370. The van der Waals surface area contributed by atoms with Gasteiger partial charge in [0.25, 0.3) is 0 Å². The molecule has 0 atom stereocenters. The van der Waals surface area contributed by atoms with Gasteiger partial charge < -0.3 is 9.47 Å². The van der Waals surface area contributed by atoms with E-state index in [1.165, 1.54) is 7.11 Å². The number of hydrogen-bond donors (Lipinski definition) is 0. The van der Waals surface area contributed by atoms with Crippen LogP contribution in [0.15, 0.2) is 54.7 Å². The molecule has 3 rings (SSSR count). The third-order valence-corrected chi connectivity index (χ3v) is 3.78. The van der Waals surface area contributed by atoms with Crippen molar-refractivity contribution >= 4 is 28.5 Å². The van der Waals surface area contributed by atoms with Crippen LogP contribution < -0.4 is 4.74 Å². The molecule has 0 amide bonds. The first kappa shape index (κ1) is 15.3. The van der Waals surface area contributed by atoms with E-state index < -0.39 is 0 Å². The first-order valence-electron chi connectivity index (χ1n) is 7.02. The van der Waals surface area contributed by atoms with Crippen LogP contribution in [0.4, 0.5) is 0 Å². The molecule has 0 saturated heterocycles. The smallest absolute Gasteiger partial charge is 0.337 e. The maximum Gasteiger partial charge on any atom is 0.337 e. The summed E-state index contributed by atoms with van der Waals surface area (Å²) in [7, 11) is 1.36. The number of pyridine rings is 1. The Morgan fingerprint density at radius 2 is 1.91 bits per heavy atom. The molecule has 0 radical (unpaired) electrons. The number of ether oxygens (including phenoxy) is 2. The second-order valence-electron chi connectivity index (χ2n) is 4.92. The van der Waals surface area contributed by atoms with Gasteiger partial charge in [-0.15, -0.1) is 0 Å². The number of rotatable bonds is 4. The predicted octanol–water partition coefficient (Wildman–Crippen LogP) is 4.25. The lowest BCUT2D eigenvalue weighted by Crippen LogP contribution is -2.02. The third-order valence-electron chi connectivity index (χ3n) is 3.45. The molecule has 0 bridgehead atoms. The van der Waals surface area contributed by atoms with Crippen molar-refractivity contribution in [1.82, 2.24) is 4.98 Å². The van der Waals surface area contributed by atoms with Crippen molar-refractivity contribution in [2.24, 2.45) is 0 Å². The summed E-state index contributed by atoms with van der Waals surface area (Å²) in [6.07, 6.45) is 1.71. The highest BCUT2D eigenvalue weighted by molar-refractivity contribution is 6.35. The quantitative estimate of drug-likeness (QED) is 0.672. The largest absolute Gasteiger partial charge is 0.487 e. The first-order chi connectivity index (χ1) is 11.2. The van der Waals surface area contributed by atoms with Crippen molar-refractivity contribution in [3.8, 4) is 5.75 Å². The van der Waals surface area contributed by atoms with Crippen molar-refractivity contribution in [2.75, 3.05) is 7.11 Å². The molecule has 0 fully saturated rings. The Bertz CT molecular complexity index is 847. The van der Waals surface area contributed by atoms with E-state index in [1.54, 1.807) is 30.5 Å². The van der Waals surface area contributed by atoms with E-state index >= 15 is 0 Å². The van der Waals surface area contributed by atoms with E-state index in [0.717, 1.165) is 16.5 Å². The van der Waals surface area contributed by atoms with Crippen LogP contribution in [-0.4, -0.2) is 18.1 Å². The molecule has 0 aliphatic rings. The molecule has 2 aromatic carbocycles. The lowest BCUT2D eigenvalue weighted by Gasteiger charge is -2.10. The minimum atomic E-state index is -0.356. The van der Waals surface area contributed by atoms with Gasteiger partial charge in [0.15, 0.2) is 0 Å². The number of carbonyl (C=O) groups is 1. The second kappa shape index (κ2) is 6.67. The van der Waals surface area contributed by atoms with Crippen molar-refractivity contribution in [3.63, 3.8) is 0 Å². The van der Waals surface area contributed by atoms with E-state index in [1.807, 2.05) is 24.3 Å². The standard InChI is InChI=1S/C18H14ClNO3/c1-22-18(21)13-6-4-12(5-7-13)11-23-16-9-8-15(19)14-3-2-10-20-17(14)16/h2-10H,11H2,1H3. The Balaban J connectivity index is 1.79. The Hall–Kier alpha value is -2.59. The zero-order valence-electron chi connectivity index (χ0n) is 12.5. The van der Waals surface area contributed by atoms with Gasteiger partial charge >= 0.3 is 5.97 Å². The Morgan fingerprint density at radius 3 is 2.65 bits per heavy atom. The van der Waals surface area contributed by atoms with Crippen LogP contribution in [0.2, 0.25) is 5.02 Å². The van der Waals surface area contributed by atoms with E-state index in [-0.39, 0.29) is 5.97 Å². The van der Waals surface area contributed by atoms with Gasteiger partial charge in [-0.1, -0.05) is 23.7 Å². The van der Waals surface area contributed by atoms with Gasteiger partial charge in [-0.3, -0.25) is 4.98 Å². The number of fused-ring (bicyclic) bond motifs is 1. The van der Waals surface area contributed by atoms with Gasteiger partial charge in [-0.25, -0.2) is 4.79 Å². The van der Waals surface area contributed by atoms with Gasteiger partial charge in [0.1, 0.15) is 17.9 Å². The van der Waals surface area contributed by atoms with Crippen LogP contribution in [0.3, 0.4) is 0 Å². The molecule has 0 aliphatic carbocycles.